The third-order valence-corrected chi connectivity index (χ3v) is 4.77. The van der Waals surface area contributed by atoms with Gasteiger partial charge in [-0.15, -0.1) is 0 Å². The molecule has 0 atom stereocenters. The Hall–Kier alpha value is -3.52. The summed E-state index contributed by atoms with van der Waals surface area (Å²) in [7, 11) is 1.80. The first-order chi connectivity index (χ1) is 13.8. The highest BCUT2D eigenvalue weighted by Crippen LogP contribution is 2.19. The highest BCUT2D eigenvalue weighted by atomic mass is 35.5. The van der Waals surface area contributed by atoms with Gasteiger partial charge in [-0.05, 0) is 44.2 Å². The maximum atomic E-state index is 12.8. The SMILES string of the molecule is Cc1nn(C)c2ncc(NC(=O)c3nn(-c4ccc(Cl)cc4)c(C)cc3=O)cc12. The molecular formula is C20H17ClN6O2. The molecule has 8 nitrogen and oxygen atoms in total. The van der Waals surface area contributed by atoms with Gasteiger partial charge in [0.05, 0.1) is 23.3 Å². The summed E-state index contributed by atoms with van der Waals surface area (Å²) in [6, 6.07) is 10.1. The molecule has 0 radical (unpaired) electrons. The van der Waals surface area contributed by atoms with Crippen LogP contribution in [0, 0.1) is 13.8 Å². The summed E-state index contributed by atoms with van der Waals surface area (Å²) in [5.41, 5.74) is 2.57. The monoisotopic (exact) mass is 408 g/mol. The first kappa shape index (κ1) is 18.8. The van der Waals surface area contributed by atoms with E-state index in [9.17, 15) is 9.59 Å². The molecule has 3 aromatic heterocycles. The molecule has 4 aromatic rings. The van der Waals surface area contributed by atoms with Gasteiger partial charge in [0.2, 0.25) is 5.43 Å². The van der Waals surface area contributed by atoms with Gasteiger partial charge in [-0.3, -0.25) is 14.3 Å². The number of pyridine rings is 1. The van der Waals surface area contributed by atoms with Crippen molar-refractivity contribution in [2.45, 2.75) is 13.8 Å². The lowest BCUT2D eigenvalue weighted by Gasteiger charge is -2.11. The molecule has 0 saturated heterocycles. The van der Waals surface area contributed by atoms with Gasteiger partial charge in [0.1, 0.15) is 0 Å². The Morgan fingerprint density at radius 1 is 1.10 bits per heavy atom. The van der Waals surface area contributed by atoms with Crippen molar-refractivity contribution in [1.29, 1.82) is 0 Å². The summed E-state index contributed by atoms with van der Waals surface area (Å²) < 4.78 is 3.20. The minimum Gasteiger partial charge on any atom is -0.319 e. The van der Waals surface area contributed by atoms with Crippen molar-refractivity contribution in [3.63, 3.8) is 0 Å². The van der Waals surface area contributed by atoms with E-state index in [1.54, 1.807) is 49.0 Å². The fourth-order valence-corrected chi connectivity index (χ4v) is 3.24. The summed E-state index contributed by atoms with van der Waals surface area (Å²) in [4.78, 5) is 29.5. The third kappa shape index (κ3) is 3.50. The van der Waals surface area contributed by atoms with Gasteiger partial charge in [-0.1, -0.05) is 11.6 Å². The number of benzene rings is 1. The molecule has 0 unspecified atom stereocenters. The van der Waals surface area contributed by atoms with E-state index >= 15 is 0 Å². The van der Waals surface area contributed by atoms with Crippen molar-refractivity contribution in [2.24, 2.45) is 7.05 Å². The molecule has 1 N–H and O–H groups in total. The van der Waals surface area contributed by atoms with Crippen molar-refractivity contribution in [2.75, 3.05) is 5.32 Å². The van der Waals surface area contributed by atoms with E-state index in [2.05, 4.69) is 20.5 Å². The van der Waals surface area contributed by atoms with Crippen LogP contribution in [0.1, 0.15) is 21.9 Å². The minimum absolute atomic E-state index is 0.214. The number of fused-ring (bicyclic) bond motifs is 1. The maximum Gasteiger partial charge on any atom is 0.280 e. The lowest BCUT2D eigenvalue weighted by atomic mass is 10.2. The van der Waals surface area contributed by atoms with Gasteiger partial charge in [0, 0.05) is 29.2 Å². The molecule has 0 bridgehead atoms. The fraction of sp³-hybridized carbons (Fsp3) is 0.150. The zero-order valence-electron chi connectivity index (χ0n) is 16.0. The van der Waals surface area contributed by atoms with Crippen molar-refractivity contribution >= 4 is 34.2 Å². The Kier molecular flexibility index (Phi) is 4.63. The predicted molar refractivity (Wildman–Crippen MR) is 111 cm³/mol. The van der Waals surface area contributed by atoms with Crippen LogP contribution in [0.4, 0.5) is 5.69 Å². The van der Waals surface area contributed by atoms with Gasteiger partial charge in [0.25, 0.3) is 5.91 Å². The number of rotatable bonds is 3. The van der Waals surface area contributed by atoms with Crippen LogP contribution in [-0.4, -0.2) is 30.5 Å². The molecule has 3 heterocycles. The van der Waals surface area contributed by atoms with Crippen LogP contribution in [0.15, 0.2) is 47.4 Å². The number of anilines is 1. The van der Waals surface area contributed by atoms with Gasteiger partial charge in [0.15, 0.2) is 11.3 Å². The molecule has 0 aliphatic carbocycles. The van der Waals surface area contributed by atoms with E-state index in [0.717, 1.165) is 11.1 Å². The average Bonchev–Trinajstić information content (AvgIpc) is 2.96. The van der Waals surface area contributed by atoms with Gasteiger partial charge >= 0.3 is 0 Å². The van der Waals surface area contributed by atoms with Crippen LogP contribution >= 0.6 is 11.6 Å². The minimum atomic E-state index is -0.611. The Labute approximate surface area is 170 Å². The van der Waals surface area contributed by atoms with E-state index in [1.165, 1.54) is 16.9 Å². The Morgan fingerprint density at radius 2 is 1.83 bits per heavy atom. The summed E-state index contributed by atoms with van der Waals surface area (Å²) in [6.07, 6.45) is 1.52. The molecule has 0 saturated carbocycles. The first-order valence-electron chi connectivity index (χ1n) is 8.81. The Bertz CT molecular complexity index is 1310. The molecule has 0 aliphatic rings. The number of hydrogen-bond acceptors (Lipinski definition) is 5. The Balaban J connectivity index is 1.70. The lowest BCUT2D eigenvalue weighted by Crippen LogP contribution is -2.26. The largest absolute Gasteiger partial charge is 0.319 e. The molecule has 4 rings (SSSR count). The number of nitrogens with one attached hydrogen (secondary N) is 1. The van der Waals surface area contributed by atoms with Crippen LogP contribution in [0.3, 0.4) is 0 Å². The van der Waals surface area contributed by atoms with Crippen LogP contribution in [0.5, 0.6) is 0 Å². The maximum absolute atomic E-state index is 12.8. The van der Waals surface area contributed by atoms with Crippen molar-refractivity contribution in [1.82, 2.24) is 24.5 Å². The lowest BCUT2D eigenvalue weighted by molar-refractivity contribution is 0.101. The normalized spacial score (nSPS) is 11.0. The number of halogens is 1. The summed E-state index contributed by atoms with van der Waals surface area (Å²) >= 11 is 5.93. The molecular weight excluding hydrogens is 392 g/mol. The number of aromatic nitrogens is 5. The fourth-order valence-electron chi connectivity index (χ4n) is 3.11. The molecule has 146 valence electrons. The number of aryl methyl sites for hydroxylation is 3. The number of carbonyl (C=O) groups excluding carboxylic acids is 1. The van der Waals surface area contributed by atoms with Crippen molar-refractivity contribution in [3.05, 3.63) is 74.9 Å². The highest BCUT2D eigenvalue weighted by molar-refractivity contribution is 6.30. The van der Waals surface area contributed by atoms with Gasteiger partial charge < -0.3 is 5.32 Å². The molecule has 9 heteroatoms. The zero-order chi connectivity index (χ0) is 20.7. The number of amides is 1. The molecule has 0 fully saturated rings. The summed E-state index contributed by atoms with van der Waals surface area (Å²) in [5.74, 6) is -0.611. The van der Waals surface area contributed by atoms with Crippen molar-refractivity contribution < 1.29 is 4.79 Å². The van der Waals surface area contributed by atoms with Crippen LogP contribution < -0.4 is 10.7 Å². The molecule has 0 aliphatic heterocycles. The molecule has 1 aromatic carbocycles. The second kappa shape index (κ2) is 7.14. The summed E-state index contributed by atoms with van der Waals surface area (Å²) in [5, 5.41) is 12.7. The number of carbonyl (C=O) groups is 1. The van der Waals surface area contributed by atoms with Crippen molar-refractivity contribution in [3.8, 4) is 5.69 Å². The Morgan fingerprint density at radius 3 is 2.55 bits per heavy atom. The van der Waals surface area contributed by atoms with Crippen LogP contribution in [0.2, 0.25) is 5.02 Å². The van der Waals surface area contributed by atoms with Crippen LogP contribution in [0.25, 0.3) is 16.7 Å². The number of nitrogens with zero attached hydrogens (tertiary/aromatic N) is 5. The molecule has 29 heavy (non-hydrogen) atoms. The van der Waals surface area contributed by atoms with E-state index in [0.29, 0.717) is 27.7 Å². The quantitative estimate of drug-likeness (QED) is 0.562. The zero-order valence-corrected chi connectivity index (χ0v) is 16.7. The van der Waals surface area contributed by atoms with E-state index < -0.39 is 11.3 Å². The predicted octanol–water partition coefficient (Wildman–Crippen LogP) is 3.04. The molecule has 1 amide bonds. The summed E-state index contributed by atoms with van der Waals surface area (Å²) in [6.45, 7) is 3.61. The topological polar surface area (TPSA) is 94.7 Å². The molecule has 0 spiro atoms. The third-order valence-electron chi connectivity index (χ3n) is 4.51. The first-order valence-corrected chi connectivity index (χ1v) is 9.19. The number of hydrogen-bond donors (Lipinski definition) is 1. The average molecular weight is 409 g/mol. The standard InChI is InChI=1S/C20H17ClN6O2/c1-11-8-17(28)18(25-27(11)15-6-4-13(21)5-7-15)20(29)23-14-9-16-12(2)24-26(3)19(16)22-10-14/h4-10H,1-3H3,(H,23,29). The second-order valence-electron chi connectivity index (χ2n) is 6.65. The van der Waals surface area contributed by atoms with E-state index in [1.807, 2.05) is 6.92 Å². The van der Waals surface area contributed by atoms with E-state index in [4.69, 9.17) is 11.6 Å². The van der Waals surface area contributed by atoms with Crippen LogP contribution in [-0.2, 0) is 7.05 Å². The van der Waals surface area contributed by atoms with Gasteiger partial charge in [-0.25, -0.2) is 9.67 Å². The smallest absolute Gasteiger partial charge is 0.280 e. The van der Waals surface area contributed by atoms with E-state index in [-0.39, 0.29) is 5.69 Å². The second-order valence-corrected chi connectivity index (χ2v) is 7.08. The van der Waals surface area contributed by atoms with Gasteiger partial charge in [-0.2, -0.15) is 10.2 Å². The highest BCUT2D eigenvalue weighted by Gasteiger charge is 2.17.